The Morgan fingerprint density at radius 3 is 2.22 bits per heavy atom. The molecule has 18 heavy (non-hydrogen) atoms. The molecule has 0 spiro atoms. The summed E-state index contributed by atoms with van der Waals surface area (Å²) in [5.41, 5.74) is 1.95. The number of carbonyl (C=O) groups excluding carboxylic acids is 1. The number of methoxy groups -OCH3 is 1. The van der Waals surface area contributed by atoms with E-state index in [9.17, 15) is 18.0 Å². The minimum Gasteiger partial charge on any atom is -0.496 e. The van der Waals surface area contributed by atoms with Crippen molar-refractivity contribution in [2.45, 2.75) is 26.9 Å². The maximum Gasteiger partial charge on any atom is 0.471 e. The zero-order valence-electron chi connectivity index (χ0n) is 10.5. The molecule has 0 aliphatic carbocycles. The SMILES string of the molecule is COc1cc(C)c(NC(=O)C(F)(F)F)c(C)c1C. The van der Waals surface area contributed by atoms with Crippen molar-refractivity contribution in [3.8, 4) is 5.75 Å². The Balaban J connectivity index is 3.19. The molecule has 0 bridgehead atoms. The van der Waals surface area contributed by atoms with Crippen molar-refractivity contribution in [3.05, 3.63) is 22.8 Å². The lowest BCUT2D eigenvalue weighted by Crippen LogP contribution is -2.30. The molecular weight excluding hydrogens is 247 g/mol. The monoisotopic (exact) mass is 261 g/mol. The molecular formula is C12H14F3NO2. The number of carbonyl (C=O) groups is 1. The molecule has 0 radical (unpaired) electrons. The number of halogens is 3. The molecule has 1 N–H and O–H groups in total. The van der Waals surface area contributed by atoms with E-state index in [1.807, 2.05) is 5.32 Å². The smallest absolute Gasteiger partial charge is 0.471 e. The van der Waals surface area contributed by atoms with Crippen LogP contribution in [-0.4, -0.2) is 19.2 Å². The van der Waals surface area contributed by atoms with E-state index in [0.717, 1.165) is 0 Å². The molecule has 6 heteroatoms. The number of anilines is 1. The van der Waals surface area contributed by atoms with Crippen LogP contribution in [0.15, 0.2) is 6.07 Å². The Morgan fingerprint density at radius 1 is 1.22 bits per heavy atom. The lowest BCUT2D eigenvalue weighted by atomic mass is 10.0. The van der Waals surface area contributed by atoms with E-state index in [0.29, 0.717) is 22.4 Å². The van der Waals surface area contributed by atoms with E-state index >= 15 is 0 Å². The molecule has 0 fully saturated rings. The number of benzene rings is 1. The van der Waals surface area contributed by atoms with Gasteiger partial charge in [-0.3, -0.25) is 4.79 Å². The lowest BCUT2D eigenvalue weighted by Gasteiger charge is -2.17. The standard InChI is InChI=1S/C12H14F3NO2/c1-6-5-9(18-4)7(2)8(3)10(6)16-11(17)12(13,14)15/h5H,1-4H3,(H,16,17). The molecule has 0 saturated heterocycles. The number of hydrogen-bond donors (Lipinski definition) is 1. The third-order valence-electron chi connectivity index (χ3n) is 2.76. The van der Waals surface area contributed by atoms with Crippen molar-refractivity contribution in [3.63, 3.8) is 0 Å². The second-order valence-corrected chi connectivity index (χ2v) is 3.97. The van der Waals surface area contributed by atoms with Crippen LogP contribution in [0, 0.1) is 20.8 Å². The van der Waals surface area contributed by atoms with E-state index in [1.165, 1.54) is 7.11 Å². The van der Waals surface area contributed by atoms with Crippen LogP contribution in [0.3, 0.4) is 0 Å². The fourth-order valence-corrected chi connectivity index (χ4v) is 1.63. The highest BCUT2D eigenvalue weighted by Gasteiger charge is 2.39. The van der Waals surface area contributed by atoms with Gasteiger partial charge in [-0.25, -0.2) is 0 Å². The number of aryl methyl sites for hydroxylation is 1. The van der Waals surface area contributed by atoms with Gasteiger partial charge in [0.05, 0.1) is 7.11 Å². The molecule has 3 nitrogen and oxygen atoms in total. The zero-order valence-corrected chi connectivity index (χ0v) is 10.5. The minimum absolute atomic E-state index is 0.177. The summed E-state index contributed by atoms with van der Waals surface area (Å²) in [6.45, 7) is 4.97. The van der Waals surface area contributed by atoms with Gasteiger partial charge in [0.1, 0.15) is 5.75 Å². The van der Waals surface area contributed by atoms with E-state index < -0.39 is 12.1 Å². The third-order valence-corrected chi connectivity index (χ3v) is 2.76. The van der Waals surface area contributed by atoms with Crippen LogP contribution < -0.4 is 10.1 Å². The maximum atomic E-state index is 12.2. The number of hydrogen-bond acceptors (Lipinski definition) is 2. The van der Waals surface area contributed by atoms with Crippen LogP contribution in [0.4, 0.5) is 18.9 Å². The summed E-state index contributed by atoms with van der Waals surface area (Å²) in [4.78, 5) is 10.9. The second kappa shape index (κ2) is 4.88. The van der Waals surface area contributed by atoms with Gasteiger partial charge in [0.25, 0.3) is 0 Å². The molecule has 0 aliphatic rings. The normalized spacial score (nSPS) is 11.3. The van der Waals surface area contributed by atoms with Gasteiger partial charge in [-0.2, -0.15) is 13.2 Å². The average molecular weight is 261 g/mol. The van der Waals surface area contributed by atoms with Crippen molar-refractivity contribution in [1.82, 2.24) is 0 Å². The summed E-state index contributed by atoms with van der Waals surface area (Å²) in [5, 5.41) is 1.89. The highest BCUT2D eigenvalue weighted by atomic mass is 19.4. The van der Waals surface area contributed by atoms with Gasteiger partial charge < -0.3 is 10.1 Å². The summed E-state index contributed by atoms with van der Waals surface area (Å²) in [5.74, 6) is -1.40. The van der Waals surface area contributed by atoms with Gasteiger partial charge in [-0.05, 0) is 43.5 Å². The maximum absolute atomic E-state index is 12.2. The Bertz CT molecular complexity index is 481. The highest BCUT2D eigenvalue weighted by Crippen LogP contribution is 2.32. The largest absolute Gasteiger partial charge is 0.496 e. The van der Waals surface area contributed by atoms with E-state index in [2.05, 4.69) is 0 Å². The number of nitrogens with one attached hydrogen (secondary N) is 1. The Hall–Kier alpha value is -1.72. The quantitative estimate of drug-likeness (QED) is 0.888. The summed E-state index contributed by atoms with van der Waals surface area (Å²) in [7, 11) is 1.48. The summed E-state index contributed by atoms with van der Waals surface area (Å²) >= 11 is 0. The fourth-order valence-electron chi connectivity index (χ4n) is 1.63. The van der Waals surface area contributed by atoms with Crippen molar-refractivity contribution in [2.24, 2.45) is 0 Å². The van der Waals surface area contributed by atoms with Crippen LogP contribution in [0.5, 0.6) is 5.75 Å². The first-order valence-electron chi connectivity index (χ1n) is 5.21. The van der Waals surface area contributed by atoms with Crippen LogP contribution >= 0.6 is 0 Å². The van der Waals surface area contributed by atoms with Crippen molar-refractivity contribution in [1.29, 1.82) is 0 Å². The van der Waals surface area contributed by atoms with Crippen molar-refractivity contribution >= 4 is 11.6 Å². The van der Waals surface area contributed by atoms with Gasteiger partial charge >= 0.3 is 12.1 Å². The number of ether oxygens (including phenoxy) is 1. The first-order valence-corrected chi connectivity index (χ1v) is 5.21. The third kappa shape index (κ3) is 2.75. The second-order valence-electron chi connectivity index (χ2n) is 3.97. The number of amides is 1. The van der Waals surface area contributed by atoms with Gasteiger partial charge in [0.15, 0.2) is 0 Å². The molecule has 1 amide bonds. The van der Waals surface area contributed by atoms with Crippen LogP contribution in [0.25, 0.3) is 0 Å². The van der Waals surface area contributed by atoms with E-state index in [1.54, 1.807) is 26.8 Å². The molecule has 1 aromatic carbocycles. The molecule has 0 aliphatic heterocycles. The lowest BCUT2D eigenvalue weighted by molar-refractivity contribution is -0.167. The summed E-state index contributed by atoms with van der Waals surface area (Å²) in [6.07, 6.45) is -4.90. The molecule has 1 aromatic rings. The van der Waals surface area contributed by atoms with Gasteiger partial charge in [-0.1, -0.05) is 0 Å². The van der Waals surface area contributed by atoms with Gasteiger partial charge in [-0.15, -0.1) is 0 Å². The predicted octanol–water partition coefficient (Wildman–Crippen LogP) is 3.12. The molecule has 100 valence electrons. The van der Waals surface area contributed by atoms with Gasteiger partial charge in [0, 0.05) is 5.69 Å². The van der Waals surface area contributed by atoms with Crippen molar-refractivity contribution in [2.75, 3.05) is 12.4 Å². The highest BCUT2D eigenvalue weighted by molar-refractivity contribution is 5.96. The molecule has 0 saturated carbocycles. The Labute approximate surface area is 103 Å². The molecule has 0 aromatic heterocycles. The Morgan fingerprint density at radius 2 is 1.78 bits per heavy atom. The Kier molecular flexibility index (Phi) is 3.88. The topological polar surface area (TPSA) is 38.3 Å². The summed E-state index contributed by atoms with van der Waals surface area (Å²) < 4.78 is 41.7. The molecule has 1 rings (SSSR count). The zero-order chi connectivity index (χ0) is 14.1. The number of rotatable bonds is 2. The van der Waals surface area contributed by atoms with Gasteiger partial charge in [0.2, 0.25) is 0 Å². The average Bonchev–Trinajstić information content (AvgIpc) is 2.27. The van der Waals surface area contributed by atoms with Crippen LogP contribution in [0.2, 0.25) is 0 Å². The first-order chi connectivity index (χ1) is 8.18. The fraction of sp³-hybridized carbons (Fsp3) is 0.417. The number of alkyl halides is 3. The van der Waals surface area contributed by atoms with Crippen molar-refractivity contribution < 1.29 is 22.7 Å². The van der Waals surface area contributed by atoms with Crippen LogP contribution in [0.1, 0.15) is 16.7 Å². The van der Waals surface area contributed by atoms with E-state index in [-0.39, 0.29) is 5.69 Å². The molecule has 0 atom stereocenters. The summed E-state index contributed by atoms with van der Waals surface area (Å²) in [6, 6.07) is 1.59. The minimum atomic E-state index is -4.90. The predicted molar refractivity (Wildman–Crippen MR) is 61.9 cm³/mol. The van der Waals surface area contributed by atoms with Crippen LogP contribution in [-0.2, 0) is 4.79 Å². The van der Waals surface area contributed by atoms with E-state index in [4.69, 9.17) is 4.74 Å². The molecule has 0 unspecified atom stereocenters. The molecule has 0 heterocycles. The first kappa shape index (κ1) is 14.3.